The molecule has 1 aromatic carbocycles. The van der Waals surface area contributed by atoms with E-state index in [1.54, 1.807) is 24.5 Å². The van der Waals surface area contributed by atoms with Crippen molar-refractivity contribution in [2.45, 2.75) is 32.1 Å². The van der Waals surface area contributed by atoms with E-state index < -0.39 is 36.0 Å². The number of amides is 2. The molecule has 3 aliphatic rings. The summed E-state index contributed by atoms with van der Waals surface area (Å²) in [6.07, 6.45) is -1.08. The second-order valence-corrected chi connectivity index (χ2v) is 11.1. The van der Waals surface area contributed by atoms with Crippen LogP contribution >= 0.6 is 0 Å². The van der Waals surface area contributed by atoms with Gasteiger partial charge in [-0.05, 0) is 27.0 Å². The van der Waals surface area contributed by atoms with E-state index in [4.69, 9.17) is 9.47 Å². The molecule has 4 heterocycles. The van der Waals surface area contributed by atoms with Crippen molar-refractivity contribution in [3.63, 3.8) is 0 Å². The first kappa shape index (κ1) is 30.5. The second kappa shape index (κ2) is 12.4. The number of benzene rings is 1. The number of aromatic nitrogens is 2. The molecular weight excluding hydrogens is 567 g/mol. The van der Waals surface area contributed by atoms with Crippen LogP contribution in [0.1, 0.15) is 13.8 Å². The molecule has 14 heteroatoms. The molecule has 0 saturated carbocycles. The fourth-order valence-corrected chi connectivity index (χ4v) is 5.65. The molecule has 11 nitrogen and oxygen atoms in total. The Hall–Kier alpha value is -3.91. The van der Waals surface area contributed by atoms with Crippen LogP contribution in [-0.2, 0) is 14.3 Å². The first-order valence-electron chi connectivity index (χ1n) is 14.2. The summed E-state index contributed by atoms with van der Waals surface area (Å²) in [7, 11) is 3.58. The highest BCUT2D eigenvalue weighted by Gasteiger charge is 2.44. The molecule has 2 N–H and O–H groups in total. The van der Waals surface area contributed by atoms with Crippen LogP contribution in [0.3, 0.4) is 0 Å². The molecule has 1 unspecified atom stereocenters. The van der Waals surface area contributed by atoms with Gasteiger partial charge in [0.15, 0.2) is 0 Å². The molecule has 2 aromatic rings. The van der Waals surface area contributed by atoms with Gasteiger partial charge in [-0.3, -0.25) is 14.5 Å². The molecule has 5 rings (SSSR count). The van der Waals surface area contributed by atoms with Crippen molar-refractivity contribution in [2.75, 3.05) is 75.2 Å². The number of likely N-dealkylation sites (N-methyl/N-ethyl adjacent to an activating group) is 1. The van der Waals surface area contributed by atoms with Crippen molar-refractivity contribution in [1.29, 1.82) is 0 Å². The summed E-state index contributed by atoms with van der Waals surface area (Å²) in [6, 6.07) is 3.82. The third-order valence-corrected chi connectivity index (χ3v) is 8.31. The Labute approximate surface area is 248 Å². The minimum Gasteiger partial charge on any atom is -0.496 e. The molecule has 2 saturated heterocycles. The smallest absolute Gasteiger partial charge is 0.413 e. The largest absolute Gasteiger partial charge is 0.496 e. The van der Waals surface area contributed by atoms with Crippen molar-refractivity contribution in [3.05, 3.63) is 36.2 Å². The number of alkyl halides is 3. The van der Waals surface area contributed by atoms with Crippen LogP contribution in [0.4, 0.5) is 30.5 Å². The van der Waals surface area contributed by atoms with E-state index in [0.717, 1.165) is 0 Å². The fourth-order valence-electron chi connectivity index (χ4n) is 5.65. The summed E-state index contributed by atoms with van der Waals surface area (Å²) in [5, 5.41) is 5.10. The van der Waals surface area contributed by atoms with Crippen molar-refractivity contribution < 1.29 is 32.2 Å². The third-order valence-electron chi connectivity index (χ3n) is 8.31. The summed E-state index contributed by atoms with van der Waals surface area (Å²) in [4.78, 5) is 40.6. The SMILES string of the molecule is COc1cc(N2C[C@@H](C)N(C)[C@@H](C)C2)c(NC(=O)C2CNC(=O)C=C2C(F)(F)F)cc1-c1cnc(N2CCOCC2)nc1. The van der Waals surface area contributed by atoms with E-state index >= 15 is 0 Å². The number of carbonyl (C=O) groups is 2. The van der Waals surface area contributed by atoms with E-state index in [-0.39, 0.29) is 12.1 Å². The highest BCUT2D eigenvalue weighted by molar-refractivity contribution is 6.01. The first-order valence-corrected chi connectivity index (χ1v) is 14.2. The maximum Gasteiger partial charge on any atom is 0.413 e. The van der Waals surface area contributed by atoms with Crippen LogP contribution < -0.4 is 25.2 Å². The van der Waals surface area contributed by atoms with Crippen molar-refractivity contribution in [1.82, 2.24) is 20.2 Å². The van der Waals surface area contributed by atoms with Gasteiger partial charge < -0.3 is 29.9 Å². The normalized spacial score (nSPS) is 23.5. The van der Waals surface area contributed by atoms with Gasteiger partial charge in [0.1, 0.15) is 5.75 Å². The Balaban J connectivity index is 1.53. The van der Waals surface area contributed by atoms with Crippen LogP contribution in [0.2, 0.25) is 0 Å². The Morgan fingerprint density at radius 1 is 1.09 bits per heavy atom. The van der Waals surface area contributed by atoms with Gasteiger partial charge >= 0.3 is 6.18 Å². The number of piperazine rings is 1. The number of methoxy groups -OCH3 is 1. The van der Waals surface area contributed by atoms with Gasteiger partial charge in [0.2, 0.25) is 17.8 Å². The molecular formula is C29H36F3N7O4. The summed E-state index contributed by atoms with van der Waals surface area (Å²) >= 11 is 0. The van der Waals surface area contributed by atoms with Gasteiger partial charge in [-0.25, -0.2) is 9.97 Å². The average Bonchev–Trinajstić information content (AvgIpc) is 2.99. The zero-order valence-corrected chi connectivity index (χ0v) is 24.6. The number of carbonyl (C=O) groups excluding carboxylic acids is 2. The number of morpholine rings is 1. The maximum atomic E-state index is 13.8. The van der Waals surface area contributed by atoms with E-state index in [9.17, 15) is 22.8 Å². The molecule has 3 atom stereocenters. The third kappa shape index (κ3) is 6.54. The number of rotatable bonds is 6. The number of hydrogen-bond acceptors (Lipinski definition) is 9. The van der Waals surface area contributed by atoms with Crippen molar-refractivity contribution in [2.24, 2.45) is 5.92 Å². The van der Waals surface area contributed by atoms with Gasteiger partial charge in [-0.2, -0.15) is 13.2 Å². The molecule has 0 radical (unpaired) electrons. The van der Waals surface area contributed by atoms with Crippen LogP contribution in [0.15, 0.2) is 36.2 Å². The van der Waals surface area contributed by atoms with Crippen LogP contribution in [-0.4, -0.2) is 105 Å². The second-order valence-electron chi connectivity index (χ2n) is 11.1. The average molecular weight is 604 g/mol. The van der Waals surface area contributed by atoms with Gasteiger partial charge in [0, 0.05) is 80.5 Å². The van der Waals surface area contributed by atoms with Gasteiger partial charge in [0.05, 0.1) is 43.2 Å². The van der Waals surface area contributed by atoms with Crippen LogP contribution in [0.5, 0.6) is 5.75 Å². The zero-order valence-electron chi connectivity index (χ0n) is 24.6. The molecule has 2 amide bonds. The molecule has 0 aliphatic carbocycles. The molecule has 3 aliphatic heterocycles. The summed E-state index contributed by atoms with van der Waals surface area (Å²) < 4.78 is 52.6. The summed E-state index contributed by atoms with van der Waals surface area (Å²) in [5.41, 5.74) is 0.924. The van der Waals surface area contributed by atoms with Crippen LogP contribution in [0, 0.1) is 5.92 Å². The molecule has 0 spiro atoms. The van der Waals surface area contributed by atoms with Crippen molar-refractivity contribution in [3.8, 4) is 16.9 Å². The van der Waals surface area contributed by atoms with E-state index in [1.165, 1.54) is 7.11 Å². The molecule has 43 heavy (non-hydrogen) atoms. The summed E-state index contributed by atoms with van der Waals surface area (Å²) in [5.74, 6) is -2.32. The highest BCUT2D eigenvalue weighted by Crippen LogP contribution is 2.41. The summed E-state index contributed by atoms with van der Waals surface area (Å²) in [6.45, 7) is 7.47. The fraction of sp³-hybridized carbons (Fsp3) is 0.517. The number of halogens is 3. The monoisotopic (exact) mass is 603 g/mol. The number of nitrogens with one attached hydrogen (secondary N) is 2. The van der Waals surface area contributed by atoms with Gasteiger partial charge in [0.25, 0.3) is 0 Å². The minimum atomic E-state index is -4.84. The molecule has 2 fully saturated rings. The Bertz CT molecular complexity index is 1370. The lowest BCUT2D eigenvalue weighted by molar-refractivity contribution is -0.129. The van der Waals surface area contributed by atoms with E-state index in [1.807, 2.05) is 11.9 Å². The van der Waals surface area contributed by atoms with Gasteiger partial charge in [-0.15, -0.1) is 0 Å². The topological polar surface area (TPSA) is 112 Å². The highest BCUT2D eigenvalue weighted by atomic mass is 19.4. The molecule has 1 aromatic heterocycles. The van der Waals surface area contributed by atoms with E-state index in [2.05, 4.69) is 44.2 Å². The predicted molar refractivity (Wildman–Crippen MR) is 155 cm³/mol. The molecule has 232 valence electrons. The van der Waals surface area contributed by atoms with Crippen LogP contribution in [0.25, 0.3) is 11.1 Å². The molecule has 0 bridgehead atoms. The lowest BCUT2D eigenvalue weighted by atomic mass is 9.93. The first-order chi connectivity index (χ1) is 20.5. The number of ether oxygens (including phenoxy) is 2. The zero-order chi connectivity index (χ0) is 30.9. The maximum absolute atomic E-state index is 13.8. The van der Waals surface area contributed by atoms with Crippen molar-refractivity contribution >= 4 is 29.1 Å². The number of nitrogens with zero attached hydrogens (tertiary/aromatic N) is 5. The lowest BCUT2D eigenvalue weighted by Crippen LogP contribution is -2.55. The predicted octanol–water partition coefficient (Wildman–Crippen LogP) is 2.69. The Morgan fingerprint density at radius 2 is 1.74 bits per heavy atom. The quantitative estimate of drug-likeness (QED) is 0.515. The van der Waals surface area contributed by atoms with E-state index in [0.29, 0.717) is 79.7 Å². The lowest BCUT2D eigenvalue weighted by Gasteiger charge is -2.44. The standard InChI is InChI=1S/C29H36F3N7O4/c1-17-15-39(16-18(2)37(17)3)24-11-25(42-4)20(19-12-34-28(35-13-19)38-5-7-43-8-6-38)9-23(24)36-27(41)21-14-33-26(40)10-22(21)29(30,31)32/h9-13,17-18,21H,5-8,14-16H2,1-4H3,(H,33,40)(H,36,41)/t17-,18+,21?. The Morgan fingerprint density at radius 3 is 2.35 bits per heavy atom. The number of anilines is 3. The number of hydrogen-bond donors (Lipinski definition) is 2. The Kier molecular flexibility index (Phi) is 8.79. The minimum absolute atomic E-state index is 0.174. The van der Waals surface area contributed by atoms with Gasteiger partial charge in [-0.1, -0.05) is 0 Å².